The Morgan fingerprint density at radius 3 is 2.23 bits per heavy atom. The van der Waals surface area contributed by atoms with Gasteiger partial charge in [0.1, 0.15) is 0 Å². The summed E-state index contributed by atoms with van der Waals surface area (Å²) >= 11 is 0. The summed E-state index contributed by atoms with van der Waals surface area (Å²) in [6.07, 6.45) is 8.93. The molecule has 6 fully saturated rings. The van der Waals surface area contributed by atoms with E-state index in [2.05, 4.69) is 48.5 Å². The molecular formula is C31H52O4. The summed E-state index contributed by atoms with van der Waals surface area (Å²) in [5.41, 5.74) is 0.764. The molecule has 0 amide bonds. The van der Waals surface area contributed by atoms with Crippen LogP contribution in [0, 0.1) is 56.7 Å². The molecule has 13 atom stereocenters. The Morgan fingerprint density at radius 2 is 1.57 bits per heavy atom. The fourth-order valence-electron chi connectivity index (χ4n) is 12.4. The second kappa shape index (κ2) is 7.48. The van der Waals surface area contributed by atoms with Gasteiger partial charge in [-0.3, -0.25) is 0 Å². The number of ether oxygens (including phenoxy) is 2. The molecule has 5 aliphatic carbocycles. The van der Waals surface area contributed by atoms with Gasteiger partial charge in [-0.05, 0) is 103 Å². The minimum atomic E-state index is -0.411. The average Bonchev–Trinajstić information content (AvgIpc) is 3.42. The number of rotatable bonds is 3. The first kappa shape index (κ1) is 25.1. The molecule has 2 N–H and O–H groups in total. The van der Waals surface area contributed by atoms with Crippen molar-refractivity contribution in [2.24, 2.45) is 56.7 Å². The fourth-order valence-corrected chi connectivity index (χ4v) is 12.4. The Balaban J connectivity index is 1.36. The van der Waals surface area contributed by atoms with E-state index in [-0.39, 0.29) is 40.7 Å². The van der Waals surface area contributed by atoms with Crippen LogP contribution < -0.4 is 0 Å². The van der Waals surface area contributed by atoms with Gasteiger partial charge in [0.05, 0.1) is 30.5 Å². The standard InChI is InChI=1S/C31H52O4/c1-17(2)24(34-8)19-15-18(3)23-25(35-19)26(33)29(7)21-10-9-20-27(4,5)22(32)11-12-30(20)16-31(21,30)14-13-28(23,29)6/h17-26,32-33H,9-16H2,1-8H3/t18-,19?,20+,21?,22+,23+,24-,25?,26+,28-,29-,30-,31+/m1/s1. The molecule has 0 aromatic heterocycles. The maximum absolute atomic E-state index is 12.3. The van der Waals surface area contributed by atoms with Gasteiger partial charge in [0.2, 0.25) is 0 Å². The SMILES string of the molecule is CO[C@H](C(C)C)C1C[C@@H](C)[C@H]2C(O1)[C@H](O)[C@@]1(C)C3CC[C@H]4C(C)(C)[C@@H](O)CC[C@@]45C[C@@]35CC[C@]21C. The summed E-state index contributed by atoms with van der Waals surface area (Å²) in [5.74, 6) is 2.53. The first-order chi connectivity index (χ1) is 16.3. The second-order valence-corrected chi connectivity index (χ2v) is 15.5. The van der Waals surface area contributed by atoms with E-state index in [0.29, 0.717) is 40.4 Å². The summed E-state index contributed by atoms with van der Waals surface area (Å²) in [5, 5.41) is 23.2. The van der Waals surface area contributed by atoms with Crippen molar-refractivity contribution in [3.05, 3.63) is 0 Å². The number of aliphatic hydroxyl groups excluding tert-OH is 2. The van der Waals surface area contributed by atoms with Crippen LogP contribution in [0.25, 0.3) is 0 Å². The molecule has 1 heterocycles. The highest BCUT2D eigenvalue weighted by atomic mass is 16.6. The van der Waals surface area contributed by atoms with Gasteiger partial charge >= 0.3 is 0 Å². The van der Waals surface area contributed by atoms with E-state index in [0.717, 1.165) is 12.8 Å². The van der Waals surface area contributed by atoms with Crippen LogP contribution in [-0.4, -0.2) is 47.8 Å². The molecule has 4 nitrogen and oxygen atoms in total. The lowest BCUT2D eigenvalue weighted by molar-refractivity contribution is -0.187. The summed E-state index contributed by atoms with van der Waals surface area (Å²) in [7, 11) is 1.82. The zero-order valence-corrected chi connectivity index (χ0v) is 23.6. The van der Waals surface area contributed by atoms with E-state index in [1.165, 1.54) is 38.5 Å². The monoisotopic (exact) mass is 488 g/mol. The average molecular weight is 489 g/mol. The summed E-state index contributed by atoms with van der Waals surface area (Å²) in [4.78, 5) is 0. The van der Waals surface area contributed by atoms with E-state index >= 15 is 0 Å². The summed E-state index contributed by atoms with van der Waals surface area (Å²) < 4.78 is 12.8. The van der Waals surface area contributed by atoms with E-state index in [1.807, 2.05) is 7.11 Å². The molecule has 5 saturated carbocycles. The van der Waals surface area contributed by atoms with Gasteiger partial charge in [0.15, 0.2) is 0 Å². The van der Waals surface area contributed by atoms with Crippen LogP contribution >= 0.6 is 0 Å². The number of fused-ring (bicyclic) bond motifs is 4. The molecule has 200 valence electrons. The van der Waals surface area contributed by atoms with Crippen LogP contribution in [0.1, 0.15) is 99.8 Å². The largest absolute Gasteiger partial charge is 0.393 e. The quantitative estimate of drug-likeness (QED) is 0.525. The maximum Gasteiger partial charge on any atom is 0.0880 e. The third-order valence-electron chi connectivity index (χ3n) is 14.1. The molecule has 0 bridgehead atoms. The lowest BCUT2D eigenvalue weighted by Crippen LogP contribution is -2.59. The van der Waals surface area contributed by atoms with Crippen molar-refractivity contribution < 1.29 is 19.7 Å². The van der Waals surface area contributed by atoms with Crippen LogP contribution in [-0.2, 0) is 9.47 Å². The molecule has 1 saturated heterocycles. The first-order valence-corrected chi connectivity index (χ1v) is 14.9. The van der Waals surface area contributed by atoms with Gasteiger partial charge in [-0.1, -0.05) is 48.5 Å². The van der Waals surface area contributed by atoms with Gasteiger partial charge in [-0.2, -0.15) is 0 Å². The number of aliphatic hydroxyl groups is 2. The smallest absolute Gasteiger partial charge is 0.0880 e. The predicted octanol–water partition coefficient (Wildman–Crippen LogP) is 5.83. The Kier molecular flexibility index (Phi) is 5.37. The topological polar surface area (TPSA) is 58.9 Å². The van der Waals surface area contributed by atoms with Crippen LogP contribution in [0.15, 0.2) is 0 Å². The molecular weight excluding hydrogens is 436 g/mol. The van der Waals surface area contributed by atoms with Gasteiger partial charge in [0.25, 0.3) is 0 Å². The van der Waals surface area contributed by atoms with Crippen LogP contribution in [0.3, 0.4) is 0 Å². The summed E-state index contributed by atoms with van der Waals surface area (Å²) in [6, 6.07) is 0. The van der Waals surface area contributed by atoms with E-state index in [4.69, 9.17) is 9.47 Å². The zero-order chi connectivity index (χ0) is 25.3. The minimum Gasteiger partial charge on any atom is -0.393 e. The molecule has 2 spiro atoms. The van der Waals surface area contributed by atoms with Crippen molar-refractivity contribution in [2.75, 3.05) is 7.11 Å². The Morgan fingerprint density at radius 1 is 0.914 bits per heavy atom. The van der Waals surface area contributed by atoms with Crippen molar-refractivity contribution in [1.82, 2.24) is 0 Å². The number of methoxy groups -OCH3 is 1. The zero-order valence-electron chi connectivity index (χ0n) is 23.6. The normalized spacial score (nSPS) is 59.1. The third-order valence-corrected chi connectivity index (χ3v) is 14.1. The lowest BCUT2D eigenvalue weighted by atomic mass is 9.41. The first-order valence-electron chi connectivity index (χ1n) is 14.9. The molecule has 35 heavy (non-hydrogen) atoms. The van der Waals surface area contributed by atoms with Gasteiger partial charge < -0.3 is 19.7 Å². The van der Waals surface area contributed by atoms with Crippen molar-refractivity contribution in [3.63, 3.8) is 0 Å². The Bertz CT molecular complexity index is 870. The van der Waals surface area contributed by atoms with E-state index < -0.39 is 6.10 Å². The highest BCUT2D eigenvalue weighted by Crippen LogP contribution is 2.89. The van der Waals surface area contributed by atoms with Crippen LogP contribution in [0.2, 0.25) is 0 Å². The predicted molar refractivity (Wildman–Crippen MR) is 138 cm³/mol. The lowest BCUT2D eigenvalue weighted by Gasteiger charge is -2.63. The van der Waals surface area contributed by atoms with E-state index in [1.54, 1.807) is 0 Å². The highest BCUT2D eigenvalue weighted by Gasteiger charge is 2.84. The molecule has 0 radical (unpaired) electrons. The number of hydrogen-bond donors (Lipinski definition) is 2. The van der Waals surface area contributed by atoms with Gasteiger partial charge in [-0.25, -0.2) is 0 Å². The maximum atomic E-state index is 12.3. The second-order valence-electron chi connectivity index (χ2n) is 15.5. The van der Waals surface area contributed by atoms with Gasteiger partial charge in [-0.15, -0.1) is 0 Å². The highest BCUT2D eigenvalue weighted by molar-refractivity contribution is 5.32. The number of hydrogen-bond acceptors (Lipinski definition) is 4. The van der Waals surface area contributed by atoms with Crippen molar-refractivity contribution in [3.8, 4) is 0 Å². The van der Waals surface area contributed by atoms with Crippen molar-refractivity contribution >= 4 is 0 Å². The summed E-state index contributed by atoms with van der Waals surface area (Å²) in [6.45, 7) is 16.5. The molecule has 1 aliphatic heterocycles. The van der Waals surface area contributed by atoms with Crippen molar-refractivity contribution in [1.29, 1.82) is 0 Å². The molecule has 6 rings (SSSR count). The molecule has 4 heteroatoms. The molecule has 0 aromatic rings. The molecule has 0 aromatic carbocycles. The van der Waals surface area contributed by atoms with E-state index in [9.17, 15) is 10.2 Å². The Labute approximate surface area is 213 Å². The minimum absolute atomic E-state index is 0.00745. The van der Waals surface area contributed by atoms with Crippen LogP contribution in [0.4, 0.5) is 0 Å². The fraction of sp³-hybridized carbons (Fsp3) is 1.00. The van der Waals surface area contributed by atoms with Crippen molar-refractivity contribution in [2.45, 2.75) is 130 Å². The molecule has 3 unspecified atom stereocenters. The van der Waals surface area contributed by atoms with Crippen LogP contribution in [0.5, 0.6) is 0 Å². The Hall–Kier alpha value is -0.160. The third kappa shape index (κ3) is 2.74. The van der Waals surface area contributed by atoms with Gasteiger partial charge in [0, 0.05) is 12.5 Å². The molecule has 6 aliphatic rings.